The van der Waals surface area contributed by atoms with Crippen LogP contribution >= 0.6 is 0 Å². The maximum absolute atomic E-state index is 11.6. The van der Waals surface area contributed by atoms with Gasteiger partial charge in [-0.3, -0.25) is 9.69 Å². The van der Waals surface area contributed by atoms with Crippen LogP contribution in [0.4, 0.5) is 0 Å². The highest BCUT2D eigenvalue weighted by molar-refractivity contribution is 5.87. The Morgan fingerprint density at radius 2 is 2.11 bits per heavy atom. The summed E-state index contributed by atoms with van der Waals surface area (Å²) >= 11 is 0. The van der Waals surface area contributed by atoms with Gasteiger partial charge < -0.3 is 15.1 Å². The van der Waals surface area contributed by atoms with Crippen molar-refractivity contribution < 1.29 is 4.79 Å². The molecule has 1 rings (SSSR count). The highest BCUT2D eigenvalue weighted by Gasteiger charge is 2.21. The van der Waals surface area contributed by atoms with E-state index in [-0.39, 0.29) is 5.91 Å². The second-order valence-electron chi connectivity index (χ2n) is 5.31. The Kier molecular flexibility index (Phi) is 6.32. The predicted octanol–water partition coefficient (Wildman–Crippen LogP) is -0.534. The first-order valence-corrected chi connectivity index (χ1v) is 6.47. The third kappa shape index (κ3) is 5.62. The fraction of sp³-hybridized carbons (Fsp3) is 0.769. The molecule has 1 aliphatic heterocycles. The van der Waals surface area contributed by atoms with Gasteiger partial charge in [0.1, 0.15) is 0 Å². The van der Waals surface area contributed by atoms with Crippen molar-refractivity contribution in [2.24, 2.45) is 0 Å². The molecule has 0 radical (unpaired) electrons. The molecule has 0 aromatic rings. The number of nitrogens with one attached hydrogen (secondary N) is 1. The van der Waals surface area contributed by atoms with E-state index in [9.17, 15) is 4.79 Å². The van der Waals surface area contributed by atoms with Crippen molar-refractivity contribution in [2.75, 3.05) is 60.9 Å². The average molecular weight is 254 g/mol. The second-order valence-corrected chi connectivity index (χ2v) is 5.31. The topological polar surface area (TPSA) is 38.8 Å². The highest BCUT2D eigenvalue weighted by Crippen LogP contribution is 2.04. The van der Waals surface area contributed by atoms with E-state index in [1.165, 1.54) is 0 Å². The van der Waals surface area contributed by atoms with Gasteiger partial charge in [0.25, 0.3) is 0 Å². The van der Waals surface area contributed by atoms with Gasteiger partial charge >= 0.3 is 0 Å². The quantitative estimate of drug-likeness (QED) is 0.669. The molecular weight excluding hydrogens is 228 g/mol. The number of hydrogen-bond acceptors (Lipinski definition) is 4. The molecular formula is C13H26N4O. The lowest BCUT2D eigenvalue weighted by molar-refractivity contribution is -0.116. The van der Waals surface area contributed by atoms with Crippen LogP contribution in [0.25, 0.3) is 0 Å². The van der Waals surface area contributed by atoms with Gasteiger partial charge in [-0.05, 0) is 28.2 Å². The van der Waals surface area contributed by atoms with Crippen LogP contribution in [0, 0.1) is 0 Å². The molecule has 0 aliphatic carbocycles. The number of likely N-dealkylation sites (N-methyl/N-ethyl adjacent to an activating group) is 3. The SMILES string of the molecule is CN(C)C/C=C/C(=O)NCC1CN(C)CCN1C. The summed E-state index contributed by atoms with van der Waals surface area (Å²) in [6, 6.07) is 0.412. The molecule has 104 valence electrons. The summed E-state index contributed by atoms with van der Waals surface area (Å²) in [6.07, 6.45) is 3.50. The Bertz CT molecular complexity index is 291. The molecule has 0 aromatic heterocycles. The van der Waals surface area contributed by atoms with Gasteiger partial charge in [-0.2, -0.15) is 0 Å². The van der Waals surface area contributed by atoms with Crippen LogP contribution in [0.2, 0.25) is 0 Å². The minimum absolute atomic E-state index is 0.00141. The van der Waals surface area contributed by atoms with E-state index in [1.54, 1.807) is 6.08 Å². The summed E-state index contributed by atoms with van der Waals surface area (Å²) in [5.74, 6) is -0.00141. The number of rotatable bonds is 5. The Labute approximate surface area is 110 Å². The number of carbonyl (C=O) groups is 1. The Morgan fingerprint density at radius 1 is 1.39 bits per heavy atom. The summed E-state index contributed by atoms with van der Waals surface area (Å²) in [5, 5.41) is 2.96. The van der Waals surface area contributed by atoms with Crippen molar-refractivity contribution in [3.63, 3.8) is 0 Å². The van der Waals surface area contributed by atoms with Gasteiger partial charge in [-0.15, -0.1) is 0 Å². The fourth-order valence-electron chi connectivity index (χ4n) is 1.97. The van der Waals surface area contributed by atoms with Crippen LogP contribution in [0.15, 0.2) is 12.2 Å². The molecule has 5 heteroatoms. The first-order valence-electron chi connectivity index (χ1n) is 6.47. The van der Waals surface area contributed by atoms with E-state index in [0.717, 1.165) is 26.2 Å². The van der Waals surface area contributed by atoms with Crippen molar-refractivity contribution in [3.8, 4) is 0 Å². The zero-order valence-corrected chi connectivity index (χ0v) is 12.0. The number of amides is 1. The minimum Gasteiger partial charge on any atom is -0.351 e. The van der Waals surface area contributed by atoms with Crippen LogP contribution in [-0.4, -0.2) is 87.6 Å². The van der Waals surface area contributed by atoms with E-state index < -0.39 is 0 Å². The summed E-state index contributed by atoms with van der Waals surface area (Å²) in [6.45, 7) is 4.68. The summed E-state index contributed by atoms with van der Waals surface area (Å²) in [7, 11) is 8.20. The van der Waals surface area contributed by atoms with E-state index in [1.807, 2.05) is 25.1 Å². The molecule has 0 bridgehead atoms. The molecule has 1 amide bonds. The van der Waals surface area contributed by atoms with Crippen LogP contribution in [0.5, 0.6) is 0 Å². The molecule has 1 atom stereocenters. The lowest BCUT2D eigenvalue weighted by atomic mass is 10.2. The lowest BCUT2D eigenvalue weighted by Gasteiger charge is -2.37. The van der Waals surface area contributed by atoms with Crippen molar-refractivity contribution in [3.05, 3.63) is 12.2 Å². The molecule has 1 aliphatic rings. The number of nitrogens with zero attached hydrogens (tertiary/aromatic N) is 3. The Hall–Kier alpha value is -0.910. The van der Waals surface area contributed by atoms with Crippen molar-refractivity contribution in [2.45, 2.75) is 6.04 Å². The lowest BCUT2D eigenvalue weighted by Crippen LogP contribution is -2.54. The molecule has 0 aromatic carbocycles. The molecule has 1 saturated heterocycles. The van der Waals surface area contributed by atoms with Crippen LogP contribution in [-0.2, 0) is 4.79 Å². The maximum atomic E-state index is 11.6. The zero-order valence-electron chi connectivity index (χ0n) is 12.0. The smallest absolute Gasteiger partial charge is 0.243 e. The van der Waals surface area contributed by atoms with E-state index in [0.29, 0.717) is 12.6 Å². The van der Waals surface area contributed by atoms with Crippen molar-refractivity contribution in [1.82, 2.24) is 20.0 Å². The van der Waals surface area contributed by atoms with E-state index in [4.69, 9.17) is 0 Å². The first-order chi connectivity index (χ1) is 8.49. The molecule has 18 heavy (non-hydrogen) atoms. The first kappa shape index (κ1) is 15.1. The molecule has 1 unspecified atom stereocenters. The van der Waals surface area contributed by atoms with Gasteiger partial charge in [0, 0.05) is 44.8 Å². The van der Waals surface area contributed by atoms with E-state index >= 15 is 0 Å². The predicted molar refractivity (Wildman–Crippen MR) is 74.6 cm³/mol. The van der Waals surface area contributed by atoms with Crippen molar-refractivity contribution >= 4 is 5.91 Å². The Morgan fingerprint density at radius 3 is 2.78 bits per heavy atom. The van der Waals surface area contributed by atoms with Gasteiger partial charge in [-0.1, -0.05) is 6.08 Å². The average Bonchev–Trinajstić information content (AvgIpc) is 2.30. The van der Waals surface area contributed by atoms with Crippen LogP contribution in [0.3, 0.4) is 0 Å². The molecule has 1 N–H and O–H groups in total. The molecule has 0 saturated carbocycles. The van der Waals surface area contributed by atoms with Crippen molar-refractivity contribution in [1.29, 1.82) is 0 Å². The third-order valence-electron chi connectivity index (χ3n) is 3.23. The maximum Gasteiger partial charge on any atom is 0.243 e. The molecule has 0 spiro atoms. The summed E-state index contributed by atoms with van der Waals surface area (Å²) < 4.78 is 0. The van der Waals surface area contributed by atoms with Crippen LogP contribution < -0.4 is 5.32 Å². The van der Waals surface area contributed by atoms with Gasteiger partial charge in [0.05, 0.1) is 0 Å². The number of piperazine rings is 1. The molecule has 1 heterocycles. The number of carbonyl (C=O) groups excluding carboxylic acids is 1. The van der Waals surface area contributed by atoms with E-state index in [2.05, 4.69) is 29.2 Å². The minimum atomic E-state index is -0.00141. The monoisotopic (exact) mass is 254 g/mol. The standard InChI is InChI=1S/C13H26N4O/c1-15(2)7-5-6-13(18)14-10-12-11-16(3)8-9-17(12)4/h5-6,12H,7-11H2,1-4H3,(H,14,18)/b6-5+. The Balaban J connectivity index is 2.26. The highest BCUT2D eigenvalue weighted by atomic mass is 16.1. The summed E-state index contributed by atoms with van der Waals surface area (Å²) in [5.41, 5.74) is 0. The zero-order chi connectivity index (χ0) is 13.5. The third-order valence-corrected chi connectivity index (χ3v) is 3.23. The number of hydrogen-bond donors (Lipinski definition) is 1. The molecule has 1 fully saturated rings. The summed E-state index contributed by atoms with van der Waals surface area (Å²) in [4.78, 5) is 18.2. The molecule has 5 nitrogen and oxygen atoms in total. The van der Waals surface area contributed by atoms with Gasteiger partial charge in [0.2, 0.25) is 5.91 Å². The van der Waals surface area contributed by atoms with Crippen LogP contribution in [0.1, 0.15) is 0 Å². The largest absolute Gasteiger partial charge is 0.351 e. The fourth-order valence-corrected chi connectivity index (χ4v) is 1.97. The van der Waals surface area contributed by atoms with Gasteiger partial charge in [0.15, 0.2) is 0 Å². The van der Waals surface area contributed by atoms with Gasteiger partial charge in [-0.25, -0.2) is 0 Å². The second kappa shape index (κ2) is 7.51. The normalized spacial score (nSPS) is 22.8.